The van der Waals surface area contributed by atoms with Gasteiger partial charge in [0.25, 0.3) is 5.91 Å². The Morgan fingerprint density at radius 2 is 1.85 bits per heavy atom. The molecule has 26 heavy (non-hydrogen) atoms. The number of amides is 1. The lowest BCUT2D eigenvalue weighted by molar-refractivity contribution is -0.126. The molecule has 0 spiro atoms. The fourth-order valence-electron chi connectivity index (χ4n) is 2.45. The minimum absolute atomic E-state index is 0.109. The molecular formula is C20H22N2O4. The number of aryl methyl sites for hydroxylation is 1. The second kappa shape index (κ2) is 9.36. The van der Waals surface area contributed by atoms with Crippen LogP contribution in [-0.2, 0) is 14.4 Å². The molecule has 0 aliphatic carbocycles. The molecule has 6 heteroatoms. The van der Waals surface area contributed by atoms with Gasteiger partial charge >= 0.3 is 5.97 Å². The van der Waals surface area contributed by atoms with Gasteiger partial charge in [0, 0.05) is 0 Å². The maximum atomic E-state index is 11.9. The molecule has 0 radical (unpaired) electrons. The van der Waals surface area contributed by atoms with E-state index in [0.29, 0.717) is 5.56 Å². The molecule has 136 valence electrons. The van der Waals surface area contributed by atoms with Crippen molar-refractivity contribution in [3.8, 4) is 0 Å². The number of nitrogens with zero attached hydrogens (tertiary/aromatic N) is 1. The first-order chi connectivity index (χ1) is 12.5. The van der Waals surface area contributed by atoms with Gasteiger partial charge in [-0.1, -0.05) is 41.6 Å². The van der Waals surface area contributed by atoms with Gasteiger partial charge in [-0.2, -0.15) is 0 Å². The summed E-state index contributed by atoms with van der Waals surface area (Å²) in [5.74, 6) is -0.650. The zero-order chi connectivity index (χ0) is 18.9. The lowest BCUT2D eigenvalue weighted by Crippen LogP contribution is -2.30. The largest absolute Gasteiger partial charge is 0.465 e. The number of oxime groups is 1. The molecule has 2 aromatic carbocycles. The standard InChI is InChI=1S/C20H22N2O4/c1-14-6-4-5-7-18(14)15(2)22-19(23)13-26-21-12-16-8-10-17(11-9-16)20(24)25-3/h4-12,15H,13H2,1-3H3,(H,22,23)/b21-12+. The van der Waals surface area contributed by atoms with Crippen molar-refractivity contribution >= 4 is 18.1 Å². The number of carbonyl (C=O) groups excluding carboxylic acids is 2. The van der Waals surface area contributed by atoms with Crippen LogP contribution >= 0.6 is 0 Å². The van der Waals surface area contributed by atoms with Crippen molar-refractivity contribution in [2.45, 2.75) is 19.9 Å². The first kappa shape index (κ1) is 19.2. The van der Waals surface area contributed by atoms with E-state index in [1.807, 2.05) is 38.1 Å². The Morgan fingerprint density at radius 3 is 2.50 bits per heavy atom. The maximum Gasteiger partial charge on any atom is 0.337 e. The average molecular weight is 354 g/mol. The fraction of sp³-hybridized carbons (Fsp3) is 0.250. The molecule has 0 aliphatic rings. The second-order valence-corrected chi connectivity index (χ2v) is 5.77. The number of ether oxygens (including phenoxy) is 1. The summed E-state index contributed by atoms with van der Waals surface area (Å²) in [6.45, 7) is 3.75. The summed E-state index contributed by atoms with van der Waals surface area (Å²) in [4.78, 5) is 28.3. The zero-order valence-electron chi connectivity index (χ0n) is 15.1. The number of methoxy groups -OCH3 is 1. The van der Waals surface area contributed by atoms with E-state index in [1.165, 1.54) is 13.3 Å². The Morgan fingerprint density at radius 1 is 1.15 bits per heavy atom. The van der Waals surface area contributed by atoms with Gasteiger partial charge in [0.2, 0.25) is 0 Å². The van der Waals surface area contributed by atoms with Crippen LogP contribution in [0.25, 0.3) is 0 Å². The van der Waals surface area contributed by atoms with Gasteiger partial charge in [0.15, 0.2) is 6.61 Å². The van der Waals surface area contributed by atoms with Gasteiger partial charge in [-0.15, -0.1) is 0 Å². The van der Waals surface area contributed by atoms with Gasteiger partial charge in [0.1, 0.15) is 0 Å². The number of rotatable bonds is 7. The topological polar surface area (TPSA) is 77.0 Å². The SMILES string of the molecule is COC(=O)c1ccc(/C=N/OCC(=O)NC(C)c2ccccc2C)cc1. The molecule has 0 aromatic heterocycles. The molecule has 1 N–H and O–H groups in total. The molecule has 0 bridgehead atoms. The van der Waals surface area contributed by atoms with Crippen LogP contribution in [0.4, 0.5) is 0 Å². The smallest absolute Gasteiger partial charge is 0.337 e. The van der Waals surface area contributed by atoms with Gasteiger partial charge in [-0.3, -0.25) is 4.79 Å². The van der Waals surface area contributed by atoms with Crippen LogP contribution in [0.2, 0.25) is 0 Å². The molecular weight excluding hydrogens is 332 g/mol. The van der Waals surface area contributed by atoms with Crippen LogP contribution in [0.3, 0.4) is 0 Å². The first-order valence-electron chi connectivity index (χ1n) is 8.20. The van der Waals surface area contributed by atoms with E-state index in [2.05, 4.69) is 15.2 Å². The first-order valence-corrected chi connectivity index (χ1v) is 8.20. The third kappa shape index (κ3) is 5.44. The highest BCUT2D eigenvalue weighted by atomic mass is 16.6. The van der Waals surface area contributed by atoms with Crippen LogP contribution in [-0.4, -0.2) is 31.8 Å². The van der Waals surface area contributed by atoms with Gasteiger partial charge in [0.05, 0.1) is 24.9 Å². The number of benzene rings is 2. The highest BCUT2D eigenvalue weighted by Gasteiger charge is 2.11. The summed E-state index contributed by atoms with van der Waals surface area (Å²) >= 11 is 0. The highest BCUT2D eigenvalue weighted by Crippen LogP contribution is 2.16. The molecule has 2 aromatic rings. The van der Waals surface area contributed by atoms with Gasteiger partial charge in [-0.25, -0.2) is 4.79 Å². The highest BCUT2D eigenvalue weighted by molar-refractivity contribution is 5.90. The number of esters is 1. The van der Waals surface area contributed by atoms with Crippen molar-refractivity contribution < 1.29 is 19.2 Å². The zero-order valence-corrected chi connectivity index (χ0v) is 15.1. The normalized spacial score (nSPS) is 11.8. The summed E-state index contributed by atoms with van der Waals surface area (Å²) in [5, 5.41) is 6.64. The van der Waals surface area contributed by atoms with Crippen molar-refractivity contribution in [2.75, 3.05) is 13.7 Å². The molecule has 1 atom stereocenters. The fourth-order valence-corrected chi connectivity index (χ4v) is 2.45. The number of hydrogen-bond donors (Lipinski definition) is 1. The lowest BCUT2D eigenvalue weighted by atomic mass is 10.0. The van der Waals surface area contributed by atoms with Crippen LogP contribution in [0, 0.1) is 6.92 Å². The van der Waals surface area contributed by atoms with Gasteiger partial charge in [-0.05, 0) is 42.7 Å². The summed E-state index contributed by atoms with van der Waals surface area (Å²) in [7, 11) is 1.33. The molecule has 0 saturated carbocycles. The van der Waals surface area contributed by atoms with E-state index < -0.39 is 5.97 Å². The summed E-state index contributed by atoms with van der Waals surface area (Å²) in [6.07, 6.45) is 1.47. The van der Waals surface area contributed by atoms with Crippen LogP contribution in [0.15, 0.2) is 53.7 Å². The monoisotopic (exact) mass is 354 g/mol. The quantitative estimate of drug-likeness (QED) is 0.471. The van der Waals surface area contributed by atoms with Crippen LogP contribution < -0.4 is 5.32 Å². The Labute approximate surface area is 152 Å². The number of hydrogen-bond acceptors (Lipinski definition) is 5. The van der Waals surface area contributed by atoms with Crippen LogP contribution in [0.1, 0.15) is 40.0 Å². The van der Waals surface area contributed by atoms with E-state index >= 15 is 0 Å². The van der Waals surface area contributed by atoms with Crippen molar-refractivity contribution in [3.05, 3.63) is 70.8 Å². The van der Waals surface area contributed by atoms with E-state index in [0.717, 1.165) is 16.7 Å². The predicted octanol–water partition coefficient (Wildman–Crippen LogP) is 3.01. The van der Waals surface area contributed by atoms with Gasteiger partial charge < -0.3 is 14.9 Å². The van der Waals surface area contributed by atoms with E-state index in [-0.39, 0.29) is 18.6 Å². The summed E-state index contributed by atoms with van der Waals surface area (Å²) in [5.41, 5.74) is 3.38. The minimum Gasteiger partial charge on any atom is -0.465 e. The van der Waals surface area contributed by atoms with E-state index in [4.69, 9.17) is 4.84 Å². The molecule has 0 heterocycles. The van der Waals surface area contributed by atoms with E-state index in [1.54, 1.807) is 24.3 Å². The third-order valence-electron chi connectivity index (χ3n) is 3.84. The van der Waals surface area contributed by atoms with E-state index in [9.17, 15) is 9.59 Å². The molecule has 1 unspecified atom stereocenters. The second-order valence-electron chi connectivity index (χ2n) is 5.77. The van der Waals surface area contributed by atoms with Crippen molar-refractivity contribution in [1.29, 1.82) is 0 Å². The minimum atomic E-state index is -0.399. The van der Waals surface area contributed by atoms with Crippen molar-refractivity contribution in [3.63, 3.8) is 0 Å². The molecule has 0 fully saturated rings. The Bertz CT molecular complexity index is 785. The Hall–Kier alpha value is -3.15. The third-order valence-corrected chi connectivity index (χ3v) is 3.84. The Balaban J connectivity index is 1.80. The molecule has 0 saturated heterocycles. The van der Waals surface area contributed by atoms with Crippen molar-refractivity contribution in [2.24, 2.45) is 5.16 Å². The number of nitrogens with one attached hydrogen (secondary N) is 1. The number of carbonyl (C=O) groups is 2. The average Bonchev–Trinajstić information content (AvgIpc) is 2.65. The van der Waals surface area contributed by atoms with Crippen molar-refractivity contribution in [1.82, 2.24) is 5.32 Å². The van der Waals surface area contributed by atoms with Crippen LogP contribution in [0.5, 0.6) is 0 Å². The molecule has 6 nitrogen and oxygen atoms in total. The maximum absolute atomic E-state index is 11.9. The Kier molecular flexibility index (Phi) is 6.91. The molecule has 1 amide bonds. The summed E-state index contributed by atoms with van der Waals surface area (Å²) < 4.78 is 4.63. The predicted molar refractivity (Wildman–Crippen MR) is 99.1 cm³/mol. The summed E-state index contributed by atoms with van der Waals surface area (Å²) in [6, 6.07) is 14.5. The lowest BCUT2D eigenvalue weighted by Gasteiger charge is -2.16. The molecule has 0 aliphatic heterocycles. The molecule has 2 rings (SSSR count).